The number of aromatic amines is 1. The molecule has 0 spiro atoms. The van der Waals surface area contributed by atoms with Gasteiger partial charge < -0.3 is 21.4 Å². The van der Waals surface area contributed by atoms with Gasteiger partial charge in [0.2, 0.25) is 0 Å². The van der Waals surface area contributed by atoms with E-state index < -0.39 is 4.92 Å². The largest absolute Gasteiger partial charge is 0.369 e. The van der Waals surface area contributed by atoms with E-state index in [0.717, 1.165) is 34.8 Å². The number of nitrogens with zero attached hydrogens (tertiary/aromatic N) is 3. The molecule has 9 nitrogen and oxygen atoms in total. The number of anilines is 1. The fourth-order valence-electron chi connectivity index (χ4n) is 2.10. The number of nitrogens with one attached hydrogen (secondary N) is 3. The maximum atomic E-state index is 10.8. The molecular formula is C16H22ClN7O2S2. The fraction of sp³-hybridized carbons (Fsp3) is 0.375. The van der Waals surface area contributed by atoms with Crippen LogP contribution in [-0.2, 0) is 11.5 Å². The predicted octanol–water partition coefficient (Wildman–Crippen LogP) is 2.46. The minimum Gasteiger partial charge on any atom is -0.369 e. The molecule has 0 saturated heterocycles. The highest BCUT2D eigenvalue weighted by Crippen LogP contribution is 2.18. The van der Waals surface area contributed by atoms with Gasteiger partial charge in [-0.1, -0.05) is 11.6 Å². The topological polar surface area (TPSA) is 135 Å². The quantitative estimate of drug-likeness (QED) is 0.209. The molecule has 0 radical (unpaired) electrons. The molecule has 0 unspecified atom stereocenters. The van der Waals surface area contributed by atoms with E-state index in [2.05, 4.69) is 25.6 Å². The van der Waals surface area contributed by atoms with Crippen molar-refractivity contribution in [3.8, 4) is 0 Å². The Bertz CT molecular complexity index is 788. The maximum absolute atomic E-state index is 10.8. The number of aromatic nitrogens is 3. The summed E-state index contributed by atoms with van der Waals surface area (Å²) in [6, 6.07) is 3.60. The van der Waals surface area contributed by atoms with Crippen LogP contribution in [0.2, 0.25) is 5.02 Å². The van der Waals surface area contributed by atoms with Gasteiger partial charge in [-0.15, -0.1) is 0 Å². The summed E-state index contributed by atoms with van der Waals surface area (Å²) in [7, 11) is 0. The number of hydrogen-bond acceptors (Lipinski definition) is 9. The summed E-state index contributed by atoms with van der Waals surface area (Å²) in [5.41, 5.74) is 7.24. The number of H-pyrrole nitrogens is 1. The van der Waals surface area contributed by atoms with Crippen LogP contribution in [0.3, 0.4) is 0 Å². The predicted molar refractivity (Wildman–Crippen MR) is 116 cm³/mol. The van der Waals surface area contributed by atoms with Crippen molar-refractivity contribution in [2.75, 3.05) is 30.3 Å². The highest BCUT2D eigenvalue weighted by Gasteiger charge is 2.04. The molecule has 2 aromatic heterocycles. The van der Waals surface area contributed by atoms with Crippen LogP contribution in [0.15, 0.2) is 36.5 Å². The number of hydrogen-bond donors (Lipinski definition) is 4. The Labute approximate surface area is 176 Å². The van der Waals surface area contributed by atoms with E-state index in [1.54, 1.807) is 42.0 Å². The average Bonchev–Trinajstić information content (AvgIpc) is 3.07. The Kier molecular flexibility index (Phi) is 9.80. The number of imidazole rings is 1. The van der Waals surface area contributed by atoms with Crippen molar-refractivity contribution in [2.45, 2.75) is 11.5 Å². The van der Waals surface area contributed by atoms with Crippen LogP contribution in [0.1, 0.15) is 11.4 Å². The summed E-state index contributed by atoms with van der Waals surface area (Å²) in [4.78, 5) is 21.5. The van der Waals surface area contributed by atoms with E-state index in [0.29, 0.717) is 35.6 Å². The Morgan fingerprint density at radius 3 is 2.64 bits per heavy atom. The number of nitro groups is 1. The molecule has 2 heterocycles. The first-order valence-electron chi connectivity index (χ1n) is 8.42. The number of pyridine rings is 1. The van der Waals surface area contributed by atoms with Gasteiger partial charge in [0, 0.05) is 48.5 Å². The van der Waals surface area contributed by atoms with Crippen molar-refractivity contribution in [1.82, 2.24) is 25.6 Å². The Morgan fingerprint density at radius 1 is 1.32 bits per heavy atom. The lowest BCUT2D eigenvalue weighted by atomic mass is 10.4. The second-order valence-corrected chi connectivity index (χ2v) is 8.11. The van der Waals surface area contributed by atoms with Gasteiger partial charge in [-0.2, -0.15) is 23.5 Å². The van der Waals surface area contributed by atoms with Crippen LogP contribution in [0.5, 0.6) is 0 Å². The van der Waals surface area contributed by atoms with Crippen LogP contribution in [0.4, 0.5) is 5.95 Å². The minimum atomic E-state index is -0.476. The van der Waals surface area contributed by atoms with Crippen LogP contribution in [0.25, 0.3) is 0 Å². The van der Waals surface area contributed by atoms with Crippen LogP contribution >= 0.6 is 35.1 Å². The van der Waals surface area contributed by atoms with Gasteiger partial charge in [-0.05, 0) is 12.1 Å². The summed E-state index contributed by atoms with van der Waals surface area (Å²) < 4.78 is 0. The number of halogens is 1. The minimum absolute atomic E-state index is 0.395. The van der Waals surface area contributed by atoms with Gasteiger partial charge in [-0.25, -0.2) is 4.98 Å². The second kappa shape index (κ2) is 12.4. The van der Waals surface area contributed by atoms with E-state index in [1.807, 2.05) is 6.07 Å². The summed E-state index contributed by atoms with van der Waals surface area (Å²) >= 11 is 9.39. The zero-order chi connectivity index (χ0) is 20.2. The van der Waals surface area contributed by atoms with Crippen molar-refractivity contribution in [2.24, 2.45) is 0 Å². The molecule has 28 heavy (non-hydrogen) atoms. The molecule has 2 aromatic rings. The molecule has 0 aliphatic carbocycles. The average molecular weight is 444 g/mol. The van der Waals surface area contributed by atoms with Gasteiger partial charge in [0.05, 0.1) is 21.3 Å². The summed E-state index contributed by atoms with van der Waals surface area (Å²) in [6.07, 6.45) is 4.42. The first kappa shape index (κ1) is 22.2. The Balaban J connectivity index is 1.62. The number of rotatable bonds is 13. The van der Waals surface area contributed by atoms with E-state index >= 15 is 0 Å². The van der Waals surface area contributed by atoms with Crippen molar-refractivity contribution >= 4 is 41.1 Å². The first-order valence-corrected chi connectivity index (χ1v) is 11.1. The van der Waals surface area contributed by atoms with Crippen LogP contribution in [0, 0.1) is 10.1 Å². The Morgan fingerprint density at radius 2 is 2.04 bits per heavy atom. The summed E-state index contributed by atoms with van der Waals surface area (Å²) in [6.45, 7) is 1.18. The molecular weight excluding hydrogens is 422 g/mol. The van der Waals surface area contributed by atoms with E-state index in [9.17, 15) is 10.1 Å². The molecule has 0 bridgehead atoms. The van der Waals surface area contributed by atoms with Crippen LogP contribution in [-0.4, -0.2) is 44.5 Å². The molecule has 152 valence electrons. The van der Waals surface area contributed by atoms with Gasteiger partial charge in [0.25, 0.3) is 6.20 Å². The third-order valence-electron chi connectivity index (χ3n) is 3.33. The highest BCUT2D eigenvalue weighted by atomic mass is 35.5. The molecule has 0 atom stereocenters. The van der Waals surface area contributed by atoms with Gasteiger partial charge in [0.1, 0.15) is 0 Å². The second-order valence-electron chi connectivity index (χ2n) is 5.50. The van der Waals surface area contributed by atoms with E-state index in [1.165, 1.54) is 0 Å². The number of nitrogen functional groups attached to an aromatic ring is 1. The van der Waals surface area contributed by atoms with E-state index in [4.69, 9.17) is 17.3 Å². The lowest BCUT2D eigenvalue weighted by molar-refractivity contribution is -0.404. The normalized spacial score (nSPS) is 11.4. The molecule has 0 aromatic carbocycles. The lowest BCUT2D eigenvalue weighted by Crippen LogP contribution is -2.30. The van der Waals surface area contributed by atoms with Crippen molar-refractivity contribution < 1.29 is 4.92 Å². The zero-order valence-electron chi connectivity index (χ0n) is 15.1. The summed E-state index contributed by atoms with van der Waals surface area (Å²) in [5.74, 6) is 3.75. The smallest absolute Gasteiger partial charge is 0.274 e. The third kappa shape index (κ3) is 8.72. The SMILES string of the molecule is Nc1nc(CSCCNC(=C[N+](=O)[O-])NCCSCc2ncccc2Cl)c[nH]1. The van der Waals surface area contributed by atoms with Crippen molar-refractivity contribution in [1.29, 1.82) is 0 Å². The molecule has 5 N–H and O–H groups in total. The van der Waals surface area contributed by atoms with E-state index in [-0.39, 0.29) is 0 Å². The number of thioether (sulfide) groups is 2. The molecule has 0 saturated carbocycles. The fourth-order valence-corrected chi connectivity index (χ4v) is 3.93. The maximum Gasteiger partial charge on any atom is 0.274 e. The standard InChI is InChI=1S/C16H22ClN7O2S2/c17-13-2-1-3-19-14(13)11-28-7-5-21-15(9-24(25)26)20-4-6-27-10-12-8-22-16(18)23-12/h1-3,8-9,20-21H,4-7,10-11H2,(H3,18,22,23). The zero-order valence-corrected chi connectivity index (χ0v) is 17.4. The lowest BCUT2D eigenvalue weighted by Gasteiger charge is -2.11. The molecule has 12 heteroatoms. The first-order chi connectivity index (χ1) is 13.5. The Hall–Kier alpha value is -2.11. The summed E-state index contributed by atoms with van der Waals surface area (Å²) in [5, 5.41) is 17.5. The van der Waals surface area contributed by atoms with Gasteiger partial charge in [0.15, 0.2) is 11.8 Å². The molecule has 0 amide bonds. The molecule has 2 rings (SSSR count). The monoisotopic (exact) mass is 443 g/mol. The number of nitrogens with two attached hydrogens (primary N) is 1. The highest BCUT2D eigenvalue weighted by molar-refractivity contribution is 7.98. The van der Waals surface area contributed by atoms with Gasteiger partial charge in [-0.3, -0.25) is 15.1 Å². The molecule has 0 fully saturated rings. The van der Waals surface area contributed by atoms with Crippen molar-refractivity contribution in [3.05, 3.63) is 63.1 Å². The molecule has 0 aliphatic heterocycles. The molecule has 0 aliphatic rings. The van der Waals surface area contributed by atoms with Crippen molar-refractivity contribution in [3.63, 3.8) is 0 Å². The van der Waals surface area contributed by atoms with Crippen LogP contribution < -0.4 is 16.4 Å². The third-order valence-corrected chi connectivity index (χ3v) is 5.64. The van der Waals surface area contributed by atoms with Gasteiger partial charge >= 0.3 is 0 Å².